The summed E-state index contributed by atoms with van der Waals surface area (Å²) in [5.41, 5.74) is 0.931. The number of carbonyl (C=O) groups is 1. The van der Waals surface area contributed by atoms with Crippen LogP contribution in [-0.2, 0) is 0 Å². The summed E-state index contributed by atoms with van der Waals surface area (Å²) in [4.78, 5) is 15.4. The number of benzene rings is 2. The first-order chi connectivity index (χ1) is 10.1. The number of fused-ring (bicyclic) bond motifs is 1. The molecule has 1 heterocycles. The van der Waals surface area contributed by atoms with Crippen LogP contribution in [0.3, 0.4) is 0 Å². The van der Waals surface area contributed by atoms with Crippen molar-refractivity contribution in [1.82, 2.24) is 4.98 Å². The third-order valence-electron chi connectivity index (χ3n) is 3.09. The lowest BCUT2D eigenvalue weighted by molar-refractivity contribution is 0.0691. The number of carboxylic acids is 1. The Morgan fingerprint density at radius 2 is 1.81 bits per heavy atom. The largest absolute Gasteiger partial charge is 0.477 e. The second-order valence-electron chi connectivity index (χ2n) is 4.49. The van der Waals surface area contributed by atoms with Crippen LogP contribution in [0.1, 0.15) is 10.5 Å². The van der Waals surface area contributed by atoms with Gasteiger partial charge in [-0.15, -0.1) is 0 Å². The summed E-state index contributed by atoms with van der Waals surface area (Å²) in [5, 5.41) is 14.2. The second kappa shape index (κ2) is 5.69. The van der Waals surface area contributed by atoms with Crippen molar-refractivity contribution >= 4 is 50.8 Å². The maximum absolute atomic E-state index is 11.2. The number of hydrogen-bond donors (Lipinski definition) is 2. The van der Waals surface area contributed by atoms with Crippen molar-refractivity contribution in [3.8, 4) is 0 Å². The van der Waals surface area contributed by atoms with E-state index in [1.807, 2.05) is 48.5 Å². The molecule has 0 amide bonds. The van der Waals surface area contributed by atoms with Crippen molar-refractivity contribution in [2.75, 3.05) is 5.32 Å². The lowest BCUT2D eigenvalue weighted by atomic mass is 10.1. The van der Waals surface area contributed by atoms with Crippen LogP contribution in [-0.4, -0.2) is 16.1 Å². The van der Waals surface area contributed by atoms with Crippen LogP contribution in [0.4, 0.5) is 11.5 Å². The van der Waals surface area contributed by atoms with E-state index in [0.29, 0.717) is 5.82 Å². The smallest absolute Gasteiger partial charge is 0.354 e. The highest BCUT2D eigenvalue weighted by Gasteiger charge is 2.11. The van der Waals surface area contributed by atoms with Gasteiger partial charge in [-0.2, -0.15) is 0 Å². The molecule has 1 aromatic heterocycles. The fourth-order valence-electron chi connectivity index (χ4n) is 2.09. The molecule has 2 N–H and O–H groups in total. The zero-order valence-corrected chi connectivity index (χ0v) is 13.0. The van der Waals surface area contributed by atoms with E-state index in [2.05, 4.69) is 32.9 Å². The Labute approximate surface area is 135 Å². The molecule has 3 aromatic rings. The number of para-hydroxylation sites is 1. The minimum Gasteiger partial charge on any atom is -0.477 e. The van der Waals surface area contributed by atoms with Crippen LogP contribution in [0.2, 0.25) is 0 Å². The van der Waals surface area contributed by atoms with Gasteiger partial charge in [0.2, 0.25) is 0 Å². The molecule has 0 aliphatic heterocycles. The predicted octanol–water partition coefficient (Wildman–Crippen LogP) is 4.28. The fraction of sp³-hybridized carbons (Fsp3) is 0. The highest BCUT2D eigenvalue weighted by Crippen LogP contribution is 2.27. The number of rotatable bonds is 3. The van der Waals surface area contributed by atoms with E-state index >= 15 is 0 Å². The van der Waals surface area contributed by atoms with Crippen LogP contribution in [0.5, 0.6) is 0 Å². The monoisotopic (exact) mass is 390 g/mol. The molecule has 104 valence electrons. The molecule has 0 aliphatic carbocycles. The predicted molar refractivity (Wildman–Crippen MR) is 91.1 cm³/mol. The van der Waals surface area contributed by atoms with Gasteiger partial charge in [0.05, 0.1) is 5.69 Å². The third kappa shape index (κ3) is 2.82. The molecule has 2 aromatic carbocycles. The van der Waals surface area contributed by atoms with Crippen molar-refractivity contribution < 1.29 is 9.90 Å². The molecular formula is C16H11IN2O2. The average Bonchev–Trinajstić information content (AvgIpc) is 2.49. The Bertz CT molecular complexity index is 833. The summed E-state index contributed by atoms with van der Waals surface area (Å²) in [5.74, 6) is -0.485. The number of halogens is 1. The highest BCUT2D eigenvalue weighted by molar-refractivity contribution is 14.1. The zero-order valence-electron chi connectivity index (χ0n) is 10.9. The molecule has 0 bridgehead atoms. The first kappa shape index (κ1) is 13.8. The molecule has 0 aliphatic rings. The van der Waals surface area contributed by atoms with E-state index in [1.54, 1.807) is 6.07 Å². The lowest BCUT2D eigenvalue weighted by Gasteiger charge is -2.11. The van der Waals surface area contributed by atoms with Crippen LogP contribution in [0, 0.1) is 3.57 Å². The van der Waals surface area contributed by atoms with Crippen molar-refractivity contribution in [2.24, 2.45) is 0 Å². The van der Waals surface area contributed by atoms with Crippen molar-refractivity contribution in [2.45, 2.75) is 0 Å². The zero-order chi connectivity index (χ0) is 14.8. The molecule has 0 saturated carbocycles. The standard InChI is InChI=1S/C16H11IN2O2/c17-12-7-3-4-8-13(12)18-15-11-6-2-1-5-10(11)9-14(19-15)16(20)21/h1-9H,(H,18,19)(H,20,21). The maximum atomic E-state index is 11.2. The van der Waals surface area contributed by atoms with E-state index in [-0.39, 0.29) is 5.69 Å². The summed E-state index contributed by atoms with van der Waals surface area (Å²) in [6.45, 7) is 0. The Morgan fingerprint density at radius 1 is 1.10 bits per heavy atom. The van der Waals surface area contributed by atoms with Gasteiger partial charge in [-0.25, -0.2) is 9.78 Å². The number of carboxylic acid groups (broad SMARTS) is 1. The normalized spacial score (nSPS) is 10.5. The number of aromatic nitrogens is 1. The quantitative estimate of drug-likeness (QED) is 0.656. The Kier molecular flexibility index (Phi) is 3.74. The summed E-state index contributed by atoms with van der Waals surface area (Å²) in [6.07, 6.45) is 0. The molecule has 0 atom stereocenters. The summed E-state index contributed by atoms with van der Waals surface area (Å²) in [6, 6.07) is 17.0. The SMILES string of the molecule is O=C(O)c1cc2ccccc2c(Nc2ccccc2I)n1. The Hall–Kier alpha value is -2.15. The van der Waals surface area contributed by atoms with Gasteiger partial charge in [-0.05, 0) is 46.2 Å². The number of nitrogens with zero attached hydrogens (tertiary/aromatic N) is 1. The third-order valence-corrected chi connectivity index (χ3v) is 4.03. The van der Waals surface area contributed by atoms with E-state index in [4.69, 9.17) is 0 Å². The molecule has 0 unspecified atom stereocenters. The van der Waals surface area contributed by atoms with E-state index in [0.717, 1.165) is 20.0 Å². The van der Waals surface area contributed by atoms with E-state index in [1.165, 1.54) is 0 Å². The minimum atomic E-state index is -1.04. The topological polar surface area (TPSA) is 62.2 Å². The summed E-state index contributed by atoms with van der Waals surface area (Å²) < 4.78 is 1.04. The number of hydrogen-bond acceptors (Lipinski definition) is 3. The van der Waals surface area contributed by atoms with Crippen molar-refractivity contribution in [1.29, 1.82) is 0 Å². The second-order valence-corrected chi connectivity index (χ2v) is 5.65. The number of aromatic carboxylic acids is 1. The van der Waals surface area contributed by atoms with Crippen molar-refractivity contribution in [3.05, 3.63) is 63.9 Å². The summed E-state index contributed by atoms with van der Waals surface area (Å²) in [7, 11) is 0. The minimum absolute atomic E-state index is 0.0298. The number of nitrogens with one attached hydrogen (secondary N) is 1. The van der Waals surface area contributed by atoms with Gasteiger partial charge in [0.15, 0.2) is 5.69 Å². The van der Waals surface area contributed by atoms with E-state index < -0.39 is 5.97 Å². The Morgan fingerprint density at radius 3 is 2.57 bits per heavy atom. The molecule has 0 spiro atoms. The number of pyridine rings is 1. The molecule has 21 heavy (non-hydrogen) atoms. The molecule has 4 nitrogen and oxygen atoms in total. The Balaban J connectivity index is 2.16. The van der Waals surface area contributed by atoms with E-state index in [9.17, 15) is 9.90 Å². The van der Waals surface area contributed by atoms with Crippen LogP contribution < -0.4 is 5.32 Å². The molecule has 0 radical (unpaired) electrons. The molecule has 5 heteroatoms. The van der Waals surface area contributed by atoms with Crippen LogP contribution in [0.25, 0.3) is 10.8 Å². The van der Waals surface area contributed by atoms with Gasteiger partial charge in [-0.3, -0.25) is 0 Å². The van der Waals surface area contributed by atoms with Gasteiger partial charge in [0.1, 0.15) is 5.82 Å². The molecule has 0 fully saturated rings. The molecular weight excluding hydrogens is 379 g/mol. The first-order valence-electron chi connectivity index (χ1n) is 6.30. The molecule has 0 saturated heterocycles. The molecule has 3 rings (SSSR count). The first-order valence-corrected chi connectivity index (χ1v) is 7.37. The van der Waals surface area contributed by atoms with Gasteiger partial charge in [0.25, 0.3) is 0 Å². The fourth-order valence-corrected chi connectivity index (χ4v) is 2.62. The van der Waals surface area contributed by atoms with Crippen LogP contribution >= 0.6 is 22.6 Å². The van der Waals surface area contributed by atoms with Gasteiger partial charge in [0, 0.05) is 8.96 Å². The lowest BCUT2D eigenvalue weighted by Crippen LogP contribution is -2.04. The van der Waals surface area contributed by atoms with Crippen LogP contribution in [0.15, 0.2) is 54.6 Å². The highest BCUT2D eigenvalue weighted by atomic mass is 127. The summed E-state index contributed by atoms with van der Waals surface area (Å²) >= 11 is 2.23. The van der Waals surface area contributed by atoms with Gasteiger partial charge < -0.3 is 10.4 Å². The average molecular weight is 390 g/mol. The maximum Gasteiger partial charge on any atom is 0.354 e. The van der Waals surface area contributed by atoms with Crippen molar-refractivity contribution in [3.63, 3.8) is 0 Å². The van der Waals surface area contributed by atoms with Gasteiger partial charge >= 0.3 is 5.97 Å². The number of anilines is 2. The van der Waals surface area contributed by atoms with Gasteiger partial charge in [-0.1, -0.05) is 36.4 Å².